The zero-order chi connectivity index (χ0) is 26.3. The maximum Gasteiger partial charge on any atom is 0.407 e. The van der Waals surface area contributed by atoms with E-state index in [1.54, 1.807) is 57.2 Å². The molecule has 0 aromatic heterocycles. The van der Waals surface area contributed by atoms with Crippen molar-refractivity contribution < 1.29 is 23.1 Å². The summed E-state index contributed by atoms with van der Waals surface area (Å²) in [5.41, 5.74) is 6.53. The molecule has 194 valence electrons. The van der Waals surface area contributed by atoms with Crippen LogP contribution in [0.1, 0.15) is 39.2 Å². The molecule has 4 rings (SSSR count). The van der Waals surface area contributed by atoms with Gasteiger partial charge in [-0.3, -0.25) is 4.79 Å². The molecule has 1 aliphatic carbocycles. The predicted molar refractivity (Wildman–Crippen MR) is 135 cm³/mol. The van der Waals surface area contributed by atoms with E-state index in [2.05, 4.69) is 5.32 Å². The molecule has 0 spiro atoms. The smallest absolute Gasteiger partial charge is 0.407 e. The predicted octanol–water partition coefficient (Wildman–Crippen LogP) is 5.19. The van der Waals surface area contributed by atoms with Crippen molar-refractivity contribution in [3.8, 4) is 11.1 Å². The summed E-state index contributed by atoms with van der Waals surface area (Å²) in [7, 11) is 0. The molecule has 2 fully saturated rings. The first-order chi connectivity index (χ1) is 16.8. The van der Waals surface area contributed by atoms with Gasteiger partial charge in [0, 0.05) is 29.7 Å². The highest BCUT2D eigenvalue weighted by Gasteiger charge is 2.49. The second-order valence-corrected chi connectivity index (χ2v) is 11.1. The number of carbonyl (C=O) groups excluding carboxylic acids is 2. The van der Waals surface area contributed by atoms with E-state index in [4.69, 9.17) is 22.1 Å². The Labute approximate surface area is 215 Å². The van der Waals surface area contributed by atoms with E-state index in [0.717, 1.165) is 24.0 Å². The zero-order valence-electron chi connectivity index (χ0n) is 20.6. The van der Waals surface area contributed by atoms with Crippen molar-refractivity contribution in [2.45, 2.75) is 57.2 Å². The van der Waals surface area contributed by atoms with E-state index < -0.39 is 29.6 Å². The fourth-order valence-electron chi connectivity index (χ4n) is 5.14. The van der Waals surface area contributed by atoms with Gasteiger partial charge in [-0.25, -0.2) is 4.79 Å². The summed E-state index contributed by atoms with van der Waals surface area (Å²) in [5, 5.41) is 3.51. The third-order valence-corrected chi connectivity index (χ3v) is 7.18. The third kappa shape index (κ3) is 5.65. The van der Waals surface area contributed by atoms with Gasteiger partial charge in [0.1, 0.15) is 5.60 Å². The van der Waals surface area contributed by atoms with Crippen molar-refractivity contribution in [2.75, 3.05) is 13.1 Å². The second-order valence-electron chi connectivity index (χ2n) is 10.7. The van der Waals surface area contributed by atoms with E-state index in [1.807, 2.05) is 0 Å². The standard InChI is InChI=1S/C27H32ClF2N3O3/c1-26(2,3)36-25(35)32-22-18-4-5-19(22)15-33(14-18)24(34)23(31)27(29,30)20-10-6-16(7-11-20)17-8-12-21(28)13-9-17/h6-13,18-19,22-23H,4-5,14-15,31H2,1-3H3,(H,32,35). The highest BCUT2D eigenvalue weighted by atomic mass is 35.5. The molecule has 9 heteroatoms. The summed E-state index contributed by atoms with van der Waals surface area (Å²) >= 11 is 5.91. The Morgan fingerprint density at radius 2 is 1.50 bits per heavy atom. The molecular weight excluding hydrogens is 488 g/mol. The maximum absolute atomic E-state index is 15.3. The molecule has 0 radical (unpaired) electrons. The largest absolute Gasteiger partial charge is 0.444 e. The van der Waals surface area contributed by atoms with Crippen LogP contribution in [0.4, 0.5) is 13.6 Å². The van der Waals surface area contributed by atoms with Gasteiger partial charge < -0.3 is 20.7 Å². The normalized spacial score (nSPS) is 22.8. The average molecular weight is 520 g/mol. The quantitative estimate of drug-likeness (QED) is 0.569. The van der Waals surface area contributed by atoms with Crippen molar-refractivity contribution in [3.05, 3.63) is 59.1 Å². The number of rotatable bonds is 5. The van der Waals surface area contributed by atoms with Crippen molar-refractivity contribution in [1.82, 2.24) is 10.2 Å². The van der Waals surface area contributed by atoms with Crippen molar-refractivity contribution in [1.29, 1.82) is 0 Å². The number of amides is 2. The molecule has 3 unspecified atom stereocenters. The van der Waals surface area contributed by atoms with Crippen LogP contribution in [0.5, 0.6) is 0 Å². The number of likely N-dealkylation sites (tertiary alicyclic amines) is 1. The number of carbonyl (C=O) groups is 2. The lowest BCUT2D eigenvalue weighted by Crippen LogP contribution is -2.59. The topological polar surface area (TPSA) is 84.7 Å². The molecule has 1 aliphatic heterocycles. The first kappa shape index (κ1) is 26.4. The van der Waals surface area contributed by atoms with Crippen LogP contribution in [-0.2, 0) is 15.5 Å². The number of nitrogens with zero attached hydrogens (tertiary/aromatic N) is 1. The molecule has 1 saturated carbocycles. The van der Waals surface area contributed by atoms with Crippen LogP contribution >= 0.6 is 11.6 Å². The van der Waals surface area contributed by atoms with Crippen LogP contribution in [0.25, 0.3) is 11.1 Å². The number of alkyl carbamates (subject to hydrolysis) is 1. The molecular formula is C27H32ClF2N3O3. The SMILES string of the molecule is CC(C)(C)OC(=O)NC1C2CCC1CN(C(=O)C(N)C(F)(F)c1ccc(-c3ccc(Cl)cc3)cc1)C2. The number of benzene rings is 2. The van der Waals surface area contributed by atoms with Gasteiger partial charge in [0.25, 0.3) is 5.92 Å². The summed E-state index contributed by atoms with van der Waals surface area (Å²) in [6.07, 6.45) is 1.09. The Morgan fingerprint density at radius 1 is 1.00 bits per heavy atom. The fourth-order valence-corrected chi connectivity index (χ4v) is 5.27. The number of hydrogen-bond donors (Lipinski definition) is 2. The van der Waals surface area contributed by atoms with Crippen molar-refractivity contribution in [2.24, 2.45) is 17.6 Å². The molecule has 3 N–H and O–H groups in total. The first-order valence-corrected chi connectivity index (χ1v) is 12.5. The number of ether oxygens (including phenoxy) is 1. The van der Waals surface area contributed by atoms with Gasteiger partial charge in [-0.2, -0.15) is 8.78 Å². The molecule has 36 heavy (non-hydrogen) atoms. The second kappa shape index (κ2) is 9.98. The van der Waals surface area contributed by atoms with E-state index in [9.17, 15) is 9.59 Å². The van der Waals surface area contributed by atoms with Gasteiger partial charge in [0.2, 0.25) is 5.91 Å². The molecule has 1 heterocycles. The molecule has 2 aromatic carbocycles. The lowest BCUT2D eigenvalue weighted by atomic mass is 9.91. The summed E-state index contributed by atoms with van der Waals surface area (Å²) in [5.74, 6) is -4.38. The molecule has 1 saturated heterocycles. The number of alkyl halides is 2. The van der Waals surface area contributed by atoms with Gasteiger partial charge in [-0.15, -0.1) is 0 Å². The van der Waals surface area contributed by atoms with Crippen LogP contribution in [0.3, 0.4) is 0 Å². The van der Waals surface area contributed by atoms with Crippen molar-refractivity contribution in [3.63, 3.8) is 0 Å². The Morgan fingerprint density at radius 3 is 2.00 bits per heavy atom. The van der Waals surface area contributed by atoms with E-state index in [-0.39, 0.29) is 36.5 Å². The first-order valence-electron chi connectivity index (χ1n) is 12.1. The minimum absolute atomic E-state index is 0.0281. The van der Waals surface area contributed by atoms with Crippen LogP contribution in [0, 0.1) is 11.8 Å². The van der Waals surface area contributed by atoms with Gasteiger partial charge in [0.15, 0.2) is 6.04 Å². The minimum atomic E-state index is -3.54. The van der Waals surface area contributed by atoms with Gasteiger partial charge >= 0.3 is 6.09 Å². The van der Waals surface area contributed by atoms with Crippen molar-refractivity contribution >= 4 is 23.6 Å². The number of halogens is 3. The Kier molecular flexibility index (Phi) is 7.30. The zero-order valence-corrected chi connectivity index (χ0v) is 21.4. The summed E-state index contributed by atoms with van der Waals surface area (Å²) in [6.45, 7) is 5.91. The number of hydrogen-bond acceptors (Lipinski definition) is 4. The maximum atomic E-state index is 15.3. The number of nitrogens with two attached hydrogens (primary N) is 1. The van der Waals surface area contributed by atoms with Gasteiger partial charge in [0.05, 0.1) is 0 Å². The molecule has 3 atom stereocenters. The minimum Gasteiger partial charge on any atom is -0.444 e. The lowest BCUT2D eigenvalue weighted by molar-refractivity contribution is -0.145. The van der Waals surface area contributed by atoms with Crippen LogP contribution in [-0.4, -0.2) is 47.7 Å². The Balaban J connectivity index is 1.41. The average Bonchev–Trinajstić information content (AvgIpc) is 3.03. The number of nitrogens with one attached hydrogen (secondary N) is 1. The van der Waals surface area contributed by atoms with Gasteiger partial charge in [-0.05, 0) is 68.7 Å². The number of fused-ring (bicyclic) bond motifs is 2. The molecule has 2 aliphatic rings. The highest BCUT2D eigenvalue weighted by Crippen LogP contribution is 2.39. The van der Waals surface area contributed by atoms with E-state index >= 15 is 8.78 Å². The van der Waals surface area contributed by atoms with Crippen LogP contribution in [0.2, 0.25) is 5.02 Å². The molecule has 6 nitrogen and oxygen atoms in total. The highest BCUT2D eigenvalue weighted by molar-refractivity contribution is 6.30. The Hall–Kier alpha value is -2.71. The van der Waals surface area contributed by atoms with Gasteiger partial charge in [-0.1, -0.05) is 48.0 Å². The summed E-state index contributed by atoms with van der Waals surface area (Å²) in [6, 6.07) is 10.7. The summed E-state index contributed by atoms with van der Waals surface area (Å²) < 4.78 is 35.9. The molecule has 2 bridgehead atoms. The van der Waals surface area contributed by atoms with E-state index in [1.165, 1.54) is 17.0 Å². The van der Waals surface area contributed by atoms with Crippen LogP contribution in [0.15, 0.2) is 48.5 Å². The third-order valence-electron chi connectivity index (χ3n) is 6.93. The summed E-state index contributed by atoms with van der Waals surface area (Å²) in [4.78, 5) is 26.7. The fraction of sp³-hybridized carbons (Fsp3) is 0.481. The number of piperidine rings is 1. The molecule has 2 amide bonds. The van der Waals surface area contributed by atoms with E-state index in [0.29, 0.717) is 5.02 Å². The van der Waals surface area contributed by atoms with Crippen LogP contribution < -0.4 is 11.1 Å². The lowest BCUT2D eigenvalue weighted by Gasteiger charge is -2.40. The Bertz CT molecular complexity index is 1090. The monoisotopic (exact) mass is 519 g/mol. The molecule has 2 aromatic rings.